The molecule has 2 aromatic carbocycles. The van der Waals surface area contributed by atoms with Crippen LogP contribution in [-0.4, -0.2) is 36.2 Å². The number of ether oxygens (including phenoxy) is 3. The summed E-state index contributed by atoms with van der Waals surface area (Å²) in [7, 11) is 1.64. The Morgan fingerprint density at radius 2 is 1.89 bits per heavy atom. The third kappa shape index (κ3) is 3.71. The van der Waals surface area contributed by atoms with E-state index in [1.807, 2.05) is 55.5 Å². The lowest BCUT2D eigenvalue weighted by atomic mass is 10.1. The molecule has 0 aliphatic carbocycles. The molecule has 0 unspecified atom stereocenters. The van der Waals surface area contributed by atoms with Crippen LogP contribution in [0.25, 0.3) is 10.9 Å². The van der Waals surface area contributed by atoms with E-state index in [1.54, 1.807) is 12.0 Å². The Hall–Kier alpha value is -3.28. The number of carbonyl (C=O) groups excluding carboxylic acids is 1. The second-order valence-corrected chi connectivity index (χ2v) is 6.63. The molecule has 0 saturated carbocycles. The van der Waals surface area contributed by atoms with E-state index in [-0.39, 0.29) is 6.09 Å². The molecule has 6 nitrogen and oxygen atoms in total. The number of hydrogen-bond donors (Lipinski definition) is 0. The number of rotatable bonds is 6. The Morgan fingerprint density at radius 1 is 1.11 bits per heavy atom. The molecule has 0 saturated heterocycles. The van der Waals surface area contributed by atoms with E-state index in [1.165, 1.54) is 0 Å². The molecule has 3 aromatic rings. The van der Waals surface area contributed by atoms with Gasteiger partial charge in [0.15, 0.2) is 0 Å². The normalized spacial score (nSPS) is 13.2. The van der Waals surface area contributed by atoms with Crippen molar-refractivity contribution in [1.82, 2.24) is 9.88 Å². The van der Waals surface area contributed by atoms with Crippen molar-refractivity contribution in [3.8, 4) is 17.4 Å². The van der Waals surface area contributed by atoms with Gasteiger partial charge in [0, 0.05) is 23.6 Å². The second-order valence-electron chi connectivity index (χ2n) is 6.63. The van der Waals surface area contributed by atoms with Crippen molar-refractivity contribution in [2.45, 2.75) is 19.9 Å². The maximum atomic E-state index is 12.4. The van der Waals surface area contributed by atoms with E-state index in [0.717, 1.165) is 39.9 Å². The van der Waals surface area contributed by atoms with Crippen LogP contribution in [0.2, 0.25) is 0 Å². The molecule has 28 heavy (non-hydrogen) atoms. The average Bonchev–Trinajstić information content (AvgIpc) is 2.71. The van der Waals surface area contributed by atoms with Crippen molar-refractivity contribution in [3.05, 3.63) is 59.7 Å². The molecule has 2 heterocycles. The number of amides is 1. The Bertz CT molecular complexity index is 1000. The lowest BCUT2D eigenvalue weighted by molar-refractivity contribution is 0.137. The Labute approximate surface area is 163 Å². The highest BCUT2D eigenvalue weighted by molar-refractivity contribution is 5.83. The number of carbonyl (C=O) groups is 1. The van der Waals surface area contributed by atoms with Gasteiger partial charge < -0.3 is 19.1 Å². The highest BCUT2D eigenvalue weighted by Crippen LogP contribution is 2.29. The first-order chi connectivity index (χ1) is 13.7. The summed E-state index contributed by atoms with van der Waals surface area (Å²) < 4.78 is 16.2. The zero-order valence-corrected chi connectivity index (χ0v) is 16.0. The Kier molecular flexibility index (Phi) is 5.02. The van der Waals surface area contributed by atoms with Gasteiger partial charge in [0.05, 0.1) is 25.8 Å². The fourth-order valence-corrected chi connectivity index (χ4v) is 3.28. The van der Waals surface area contributed by atoms with Crippen LogP contribution in [-0.2, 0) is 13.0 Å². The highest BCUT2D eigenvalue weighted by Gasteiger charge is 2.26. The first-order valence-electron chi connectivity index (χ1n) is 9.32. The summed E-state index contributed by atoms with van der Waals surface area (Å²) in [4.78, 5) is 18.6. The lowest BCUT2D eigenvalue weighted by Gasteiger charge is -2.27. The Morgan fingerprint density at radius 3 is 2.64 bits per heavy atom. The summed E-state index contributed by atoms with van der Waals surface area (Å²) in [6, 6.07) is 15.7. The van der Waals surface area contributed by atoms with E-state index in [9.17, 15) is 4.79 Å². The van der Waals surface area contributed by atoms with Gasteiger partial charge in [-0.05, 0) is 49.2 Å². The highest BCUT2D eigenvalue weighted by atomic mass is 16.6. The average molecular weight is 378 g/mol. The molecule has 0 N–H and O–H groups in total. The number of methoxy groups -OCH3 is 1. The number of nitrogens with zero attached hydrogens (tertiary/aromatic N) is 2. The monoisotopic (exact) mass is 378 g/mol. The van der Waals surface area contributed by atoms with Gasteiger partial charge in [-0.25, -0.2) is 9.78 Å². The minimum Gasteiger partial charge on any atom is -0.497 e. The maximum Gasteiger partial charge on any atom is 0.416 e. The summed E-state index contributed by atoms with van der Waals surface area (Å²) >= 11 is 0. The van der Waals surface area contributed by atoms with Gasteiger partial charge in [-0.3, -0.25) is 0 Å². The van der Waals surface area contributed by atoms with Crippen LogP contribution in [0.15, 0.2) is 48.5 Å². The Balaban J connectivity index is 1.50. The predicted molar refractivity (Wildman–Crippen MR) is 106 cm³/mol. The molecule has 0 bridgehead atoms. The van der Waals surface area contributed by atoms with Crippen LogP contribution in [0.5, 0.6) is 17.4 Å². The van der Waals surface area contributed by atoms with Gasteiger partial charge in [-0.1, -0.05) is 12.1 Å². The smallest absolute Gasteiger partial charge is 0.416 e. The van der Waals surface area contributed by atoms with E-state index in [2.05, 4.69) is 4.98 Å². The number of fused-ring (bicyclic) bond motifs is 2. The molecular weight excluding hydrogens is 356 g/mol. The molecule has 4 rings (SSSR count). The molecule has 1 aromatic heterocycles. The molecule has 1 amide bonds. The number of aromatic nitrogens is 1. The van der Waals surface area contributed by atoms with E-state index in [4.69, 9.17) is 14.2 Å². The van der Waals surface area contributed by atoms with Crippen molar-refractivity contribution in [2.75, 3.05) is 20.3 Å². The van der Waals surface area contributed by atoms with Crippen LogP contribution in [0, 0.1) is 0 Å². The minimum atomic E-state index is -0.367. The second kappa shape index (κ2) is 7.76. The molecule has 0 spiro atoms. The van der Waals surface area contributed by atoms with Crippen LogP contribution in [0.1, 0.15) is 18.1 Å². The zero-order valence-electron chi connectivity index (χ0n) is 16.0. The fourth-order valence-electron chi connectivity index (χ4n) is 3.28. The maximum absolute atomic E-state index is 12.4. The van der Waals surface area contributed by atoms with Crippen LogP contribution in [0.4, 0.5) is 4.79 Å². The summed E-state index contributed by atoms with van der Waals surface area (Å²) in [5.41, 5.74) is 2.80. The van der Waals surface area contributed by atoms with Crippen molar-refractivity contribution in [3.63, 3.8) is 0 Å². The fraction of sp³-hybridized carbons (Fsp3) is 0.273. The predicted octanol–water partition coefficient (Wildman–Crippen LogP) is 4.20. The van der Waals surface area contributed by atoms with Crippen LogP contribution >= 0.6 is 0 Å². The quantitative estimate of drug-likeness (QED) is 0.643. The standard InChI is InChI=1S/C22H22N2O4/c1-3-27-19-9-6-16-12-17-14-24(22(25)28-21(17)23-20(16)13-19)11-10-15-4-7-18(26-2)8-5-15/h4-9,12-13H,3,10-11,14H2,1-2H3. The molecule has 1 aliphatic heterocycles. The molecular formula is C22H22N2O4. The molecule has 144 valence electrons. The summed E-state index contributed by atoms with van der Waals surface area (Å²) in [6.07, 6.45) is 0.376. The van der Waals surface area contributed by atoms with E-state index < -0.39 is 0 Å². The van der Waals surface area contributed by atoms with E-state index >= 15 is 0 Å². The van der Waals surface area contributed by atoms with Gasteiger partial charge in [-0.15, -0.1) is 0 Å². The van der Waals surface area contributed by atoms with Crippen molar-refractivity contribution >= 4 is 17.0 Å². The van der Waals surface area contributed by atoms with Gasteiger partial charge in [-0.2, -0.15) is 0 Å². The lowest BCUT2D eigenvalue weighted by Crippen LogP contribution is -2.38. The van der Waals surface area contributed by atoms with Crippen molar-refractivity contribution in [2.24, 2.45) is 0 Å². The van der Waals surface area contributed by atoms with Crippen LogP contribution < -0.4 is 14.2 Å². The molecule has 0 atom stereocenters. The van der Waals surface area contributed by atoms with Gasteiger partial charge in [0.2, 0.25) is 5.88 Å². The first-order valence-corrected chi connectivity index (χ1v) is 9.32. The third-order valence-corrected chi connectivity index (χ3v) is 4.77. The molecule has 6 heteroatoms. The van der Waals surface area contributed by atoms with Gasteiger partial charge in [0.1, 0.15) is 11.5 Å². The summed E-state index contributed by atoms with van der Waals surface area (Å²) in [5, 5.41) is 0.996. The first kappa shape index (κ1) is 18.1. The summed E-state index contributed by atoms with van der Waals surface area (Å²) in [5.74, 6) is 1.96. The van der Waals surface area contributed by atoms with Crippen LogP contribution in [0.3, 0.4) is 0 Å². The van der Waals surface area contributed by atoms with Crippen molar-refractivity contribution < 1.29 is 19.0 Å². The SMILES string of the molecule is CCOc1ccc2cc3c(nc2c1)OC(=O)N(CCc1ccc(OC)cc1)C3. The molecule has 0 radical (unpaired) electrons. The van der Waals surface area contributed by atoms with Gasteiger partial charge >= 0.3 is 6.09 Å². The van der Waals surface area contributed by atoms with E-state index in [0.29, 0.717) is 25.6 Å². The molecule has 0 fully saturated rings. The molecule has 1 aliphatic rings. The number of pyridine rings is 1. The summed E-state index contributed by atoms with van der Waals surface area (Å²) in [6.45, 7) is 3.59. The minimum absolute atomic E-state index is 0.367. The number of hydrogen-bond acceptors (Lipinski definition) is 5. The topological polar surface area (TPSA) is 60.9 Å². The largest absolute Gasteiger partial charge is 0.497 e. The third-order valence-electron chi connectivity index (χ3n) is 4.77. The zero-order chi connectivity index (χ0) is 19.5. The van der Waals surface area contributed by atoms with Crippen molar-refractivity contribution in [1.29, 1.82) is 0 Å². The number of benzene rings is 2. The van der Waals surface area contributed by atoms with Gasteiger partial charge in [0.25, 0.3) is 0 Å².